The molecular weight excluding hydrogens is 172 g/mol. The first-order valence-corrected chi connectivity index (χ1v) is 4.64. The minimum atomic E-state index is 1.07. The monoisotopic (exact) mass is 182 g/mol. The van der Waals surface area contributed by atoms with Crippen LogP contribution in [0.15, 0.2) is 42.9 Å². The molecular formula is C12H10N2. The quantitative estimate of drug-likeness (QED) is 0.522. The summed E-state index contributed by atoms with van der Waals surface area (Å²) in [6.45, 7) is 0. The van der Waals surface area contributed by atoms with E-state index in [2.05, 4.69) is 41.5 Å². The second-order valence-electron chi connectivity index (χ2n) is 3.57. The van der Waals surface area contributed by atoms with E-state index >= 15 is 0 Å². The molecule has 2 aliphatic rings. The van der Waals surface area contributed by atoms with Gasteiger partial charge >= 0.3 is 0 Å². The van der Waals surface area contributed by atoms with Gasteiger partial charge in [0.15, 0.2) is 0 Å². The summed E-state index contributed by atoms with van der Waals surface area (Å²) < 4.78 is 1.98. The number of hydrogen-bond acceptors (Lipinski definition) is 1. The number of aryl methyl sites for hydroxylation is 1. The molecule has 1 heterocycles. The maximum absolute atomic E-state index is 4.38. The lowest BCUT2D eigenvalue weighted by atomic mass is 10.2. The van der Waals surface area contributed by atoms with Crippen molar-refractivity contribution in [3.63, 3.8) is 0 Å². The SMILES string of the molecule is Cn1cnc2cc3ccccc3c-2c1. The molecule has 2 nitrogen and oxygen atoms in total. The molecule has 1 aliphatic carbocycles. The highest BCUT2D eigenvalue weighted by atomic mass is 15.0. The topological polar surface area (TPSA) is 17.8 Å². The molecule has 0 saturated heterocycles. The number of nitrogens with zero attached hydrogens (tertiary/aromatic N) is 2. The molecule has 3 rings (SSSR count). The molecule has 0 amide bonds. The van der Waals surface area contributed by atoms with Gasteiger partial charge in [-0.15, -0.1) is 0 Å². The molecule has 0 atom stereocenters. The van der Waals surface area contributed by atoms with Gasteiger partial charge in [0.2, 0.25) is 0 Å². The number of rotatable bonds is 0. The molecule has 1 aromatic rings. The van der Waals surface area contributed by atoms with Gasteiger partial charge in [0.1, 0.15) is 0 Å². The zero-order chi connectivity index (χ0) is 9.54. The summed E-state index contributed by atoms with van der Waals surface area (Å²) in [5, 5.41) is 2.55. The highest BCUT2D eigenvalue weighted by molar-refractivity contribution is 6.00. The smallest absolute Gasteiger partial charge is 0.0949 e. The van der Waals surface area contributed by atoms with Crippen molar-refractivity contribution in [3.8, 4) is 11.3 Å². The summed E-state index contributed by atoms with van der Waals surface area (Å²) in [5.74, 6) is 0. The van der Waals surface area contributed by atoms with Crippen LogP contribution in [0.2, 0.25) is 0 Å². The Morgan fingerprint density at radius 2 is 2.07 bits per heavy atom. The molecule has 0 N–H and O–H groups in total. The van der Waals surface area contributed by atoms with Crippen LogP contribution in [0.4, 0.5) is 0 Å². The van der Waals surface area contributed by atoms with Crippen LogP contribution in [0.25, 0.3) is 22.0 Å². The second kappa shape index (κ2) is 2.58. The van der Waals surface area contributed by atoms with Gasteiger partial charge in [-0.1, -0.05) is 24.3 Å². The van der Waals surface area contributed by atoms with E-state index in [-0.39, 0.29) is 0 Å². The van der Waals surface area contributed by atoms with Crippen LogP contribution in [-0.4, -0.2) is 9.55 Å². The Kier molecular flexibility index (Phi) is 1.39. The Labute approximate surface area is 82.2 Å². The molecule has 68 valence electrons. The van der Waals surface area contributed by atoms with Crippen molar-refractivity contribution in [1.82, 2.24) is 9.55 Å². The van der Waals surface area contributed by atoms with Gasteiger partial charge in [0.25, 0.3) is 0 Å². The lowest BCUT2D eigenvalue weighted by molar-refractivity contribution is 0.868. The van der Waals surface area contributed by atoms with Crippen LogP contribution in [-0.2, 0) is 7.05 Å². The van der Waals surface area contributed by atoms with Crippen molar-refractivity contribution in [2.45, 2.75) is 0 Å². The van der Waals surface area contributed by atoms with Crippen molar-refractivity contribution < 1.29 is 0 Å². The van der Waals surface area contributed by atoms with Gasteiger partial charge < -0.3 is 4.57 Å². The molecule has 0 spiro atoms. The minimum absolute atomic E-state index is 1.07. The molecule has 0 unspecified atom stereocenters. The Balaban J connectivity index is 2.52. The molecule has 0 fully saturated rings. The highest BCUT2D eigenvalue weighted by Crippen LogP contribution is 2.31. The van der Waals surface area contributed by atoms with E-state index in [1.807, 2.05) is 17.9 Å². The number of fused-ring (bicyclic) bond motifs is 3. The number of benzene rings is 1. The summed E-state index contributed by atoms with van der Waals surface area (Å²) in [7, 11) is 1.99. The van der Waals surface area contributed by atoms with Gasteiger partial charge in [-0.05, 0) is 16.8 Å². The van der Waals surface area contributed by atoms with Gasteiger partial charge in [-0.25, -0.2) is 4.98 Å². The fourth-order valence-corrected chi connectivity index (χ4v) is 1.86. The third kappa shape index (κ3) is 0.940. The Bertz CT molecular complexity index is 566. The molecule has 0 aromatic heterocycles. The third-order valence-corrected chi connectivity index (χ3v) is 2.53. The maximum Gasteiger partial charge on any atom is 0.0949 e. The highest BCUT2D eigenvalue weighted by Gasteiger charge is 2.09. The third-order valence-electron chi connectivity index (χ3n) is 2.53. The molecule has 1 aromatic carbocycles. The predicted molar refractivity (Wildman–Crippen MR) is 57.3 cm³/mol. The van der Waals surface area contributed by atoms with Crippen LogP contribution < -0.4 is 0 Å². The minimum Gasteiger partial charge on any atom is -0.341 e. The summed E-state index contributed by atoms with van der Waals surface area (Å²) in [6.07, 6.45) is 3.95. The Hall–Kier alpha value is -1.83. The number of aromatic nitrogens is 2. The number of hydrogen-bond donors (Lipinski definition) is 0. The van der Waals surface area contributed by atoms with Crippen molar-refractivity contribution in [2.75, 3.05) is 0 Å². The van der Waals surface area contributed by atoms with E-state index in [1.165, 1.54) is 16.3 Å². The van der Waals surface area contributed by atoms with E-state index in [9.17, 15) is 0 Å². The fourth-order valence-electron chi connectivity index (χ4n) is 1.86. The van der Waals surface area contributed by atoms with Crippen molar-refractivity contribution in [1.29, 1.82) is 0 Å². The van der Waals surface area contributed by atoms with Crippen molar-refractivity contribution >= 4 is 10.8 Å². The van der Waals surface area contributed by atoms with Crippen LogP contribution in [0.5, 0.6) is 0 Å². The molecule has 0 saturated carbocycles. The predicted octanol–water partition coefficient (Wildman–Crippen LogP) is 2.68. The molecule has 14 heavy (non-hydrogen) atoms. The lowest BCUT2D eigenvalue weighted by Gasteiger charge is -2.01. The first-order chi connectivity index (χ1) is 6.84. The first-order valence-electron chi connectivity index (χ1n) is 4.64. The van der Waals surface area contributed by atoms with Crippen LogP contribution >= 0.6 is 0 Å². The normalized spacial score (nSPS) is 11.2. The summed E-state index contributed by atoms with van der Waals surface area (Å²) in [4.78, 5) is 4.38. The van der Waals surface area contributed by atoms with Crippen LogP contribution in [0, 0.1) is 0 Å². The maximum atomic E-state index is 4.38. The van der Waals surface area contributed by atoms with Gasteiger partial charge in [0, 0.05) is 18.8 Å². The standard InChI is InChI=1S/C12H10N2/c1-14-7-11-10-5-3-2-4-9(10)6-12(11)13-8-14/h2-8H,1H3. The second-order valence-corrected chi connectivity index (χ2v) is 3.57. The summed E-state index contributed by atoms with van der Waals surface area (Å²) in [5.41, 5.74) is 2.30. The summed E-state index contributed by atoms with van der Waals surface area (Å²) in [6, 6.07) is 10.5. The van der Waals surface area contributed by atoms with E-state index in [0.717, 1.165) is 5.69 Å². The first kappa shape index (κ1) is 7.56. The molecule has 2 heteroatoms. The van der Waals surface area contributed by atoms with Gasteiger partial charge in [-0.3, -0.25) is 0 Å². The van der Waals surface area contributed by atoms with Crippen molar-refractivity contribution in [3.05, 3.63) is 42.9 Å². The largest absolute Gasteiger partial charge is 0.341 e. The van der Waals surface area contributed by atoms with Crippen LogP contribution in [0.3, 0.4) is 0 Å². The lowest BCUT2D eigenvalue weighted by Crippen LogP contribution is -1.92. The van der Waals surface area contributed by atoms with Gasteiger partial charge in [0.05, 0.1) is 12.0 Å². The van der Waals surface area contributed by atoms with Crippen LogP contribution in [0.1, 0.15) is 0 Å². The van der Waals surface area contributed by atoms with Crippen molar-refractivity contribution in [2.24, 2.45) is 7.05 Å². The van der Waals surface area contributed by atoms with E-state index in [4.69, 9.17) is 0 Å². The van der Waals surface area contributed by atoms with Gasteiger partial charge in [-0.2, -0.15) is 0 Å². The molecule has 0 radical (unpaired) electrons. The van der Waals surface area contributed by atoms with E-state index in [1.54, 1.807) is 0 Å². The zero-order valence-corrected chi connectivity index (χ0v) is 7.94. The average molecular weight is 182 g/mol. The van der Waals surface area contributed by atoms with E-state index in [0.29, 0.717) is 0 Å². The fraction of sp³-hybridized carbons (Fsp3) is 0.0833. The molecule has 1 aliphatic heterocycles. The molecule has 0 bridgehead atoms. The van der Waals surface area contributed by atoms with E-state index < -0.39 is 0 Å². The Morgan fingerprint density at radius 1 is 1.21 bits per heavy atom. The zero-order valence-electron chi connectivity index (χ0n) is 7.94. The average Bonchev–Trinajstić information content (AvgIpc) is 2.56. The Morgan fingerprint density at radius 3 is 3.00 bits per heavy atom. The summed E-state index contributed by atoms with van der Waals surface area (Å²) >= 11 is 0.